The van der Waals surface area contributed by atoms with Gasteiger partial charge < -0.3 is 10.6 Å². The maximum atomic E-state index is 5.41. The average molecular weight is 260 g/mol. The van der Waals surface area contributed by atoms with Crippen LogP contribution in [0.5, 0.6) is 0 Å². The largest absolute Gasteiger partial charge is 0.359 e. The van der Waals surface area contributed by atoms with Crippen LogP contribution < -0.4 is 10.6 Å². The van der Waals surface area contributed by atoms with E-state index in [1.165, 1.54) is 31.2 Å². The van der Waals surface area contributed by atoms with Crippen molar-refractivity contribution in [2.75, 3.05) is 5.32 Å². The Labute approximate surface area is 114 Å². The Morgan fingerprint density at radius 1 is 1.28 bits per heavy atom. The monoisotopic (exact) mass is 260 g/mol. The molecule has 2 fully saturated rings. The van der Waals surface area contributed by atoms with Crippen LogP contribution in [0, 0.1) is 18.8 Å². The molecule has 3 rings (SSSR count). The minimum atomic E-state index is 0.605. The Balaban J connectivity index is 1.56. The number of nitrogens with one attached hydrogen (secondary N) is 2. The molecule has 96 valence electrons. The summed E-state index contributed by atoms with van der Waals surface area (Å²) in [5, 5.41) is 7.56. The van der Waals surface area contributed by atoms with Gasteiger partial charge in [-0.3, -0.25) is 0 Å². The van der Waals surface area contributed by atoms with Crippen molar-refractivity contribution in [3.05, 3.63) is 29.8 Å². The van der Waals surface area contributed by atoms with Gasteiger partial charge in [0.1, 0.15) is 0 Å². The normalized spacial score (nSPS) is 29.3. The first kappa shape index (κ1) is 12.0. The van der Waals surface area contributed by atoms with Crippen LogP contribution in [0.15, 0.2) is 24.3 Å². The first-order chi connectivity index (χ1) is 8.70. The van der Waals surface area contributed by atoms with Crippen molar-refractivity contribution in [2.45, 2.75) is 38.6 Å². The predicted octanol–water partition coefficient (Wildman–Crippen LogP) is 3.47. The van der Waals surface area contributed by atoms with Crippen LogP contribution in [0.1, 0.15) is 31.2 Å². The predicted molar refractivity (Wildman–Crippen MR) is 79.8 cm³/mol. The summed E-state index contributed by atoms with van der Waals surface area (Å²) < 4.78 is 0. The highest BCUT2D eigenvalue weighted by Crippen LogP contribution is 2.44. The molecular formula is C15H20N2S. The third-order valence-corrected chi connectivity index (χ3v) is 4.55. The van der Waals surface area contributed by atoms with E-state index in [4.69, 9.17) is 12.2 Å². The van der Waals surface area contributed by atoms with E-state index in [1.807, 2.05) is 0 Å². The van der Waals surface area contributed by atoms with Gasteiger partial charge in [-0.1, -0.05) is 18.6 Å². The van der Waals surface area contributed by atoms with Gasteiger partial charge in [-0.05, 0) is 67.9 Å². The number of anilines is 1. The van der Waals surface area contributed by atoms with E-state index in [1.54, 1.807) is 0 Å². The molecule has 0 saturated heterocycles. The highest BCUT2D eigenvalue weighted by molar-refractivity contribution is 7.80. The molecule has 18 heavy (non-hydrogen) atoms. The molecule has 3 heteroatoms. The molecular weight excluding hydrogens is 240 g/mol. The van der Waals surface area contributed by atoms with Crippen molar-refractivity contribution < 1.29 is 0 Å². The molecule has 2 saturated carbocycles. The number of hydrogen-bond donors (Lipinski definition) is 2. The molecule has 0 amide bonds. The molecule has 1 aromatic carbocycles. The lowest BCUT2D eigenvalue weighted by Gasteiger charge is -2.24. The van der Waals surface area contributed by atoms with E-state index in [-0.39, 0.29) is 0 Å². The van der Waals surface area contributed by atoms with E-state index < -0.39 is 0 Å². The van der Waals surface area contributed by atoms with Crippen molar-refractivity contribution in [1.82, 2.24) is 5.32 Å². The maximum Gasteiger partial charge on any atom is 0.171 e. The van der Waals surface area contributed by atoms with Gasteiger partial charge in [-0.25, -0.2) is 0 Å². The van der Waals surface area contributed by atoms with Gasteiger partial charge in [0.05, 0.1) is 0 Å². The summed E-state index contributed by atoms with van der Waals surface area (Å²) in [5.41, 5.74) is 2.33. The summed E-state index contributed by atoms with van der Waals surface area (Å²) >= 11 is 5.41. The van der Waals surface area contributed by atoms with E-state index in [0.29, 0.717) is 6.04 Å². The van der Waals surface area contributed by atoms with Gasteiger partial charge in [-0.2, -0.15) is 0 Å². The van der Waals surface area contributed by atoms with E-state index in [2.05, 4.69) is 41.8 Å². The molecule has 2 aliphatic rings. The molecule has 0 aromatic heterocycles. The third-order valence-electron chi connectivity index (χ3n) is 4.33. The SMILES string of the molecule is Cc1cccc(NC(=S)N[C@@H]2C[C@H]3CC[C@H]2C3)c1. The fourth-order valence-electron chi connectivity index (χ4n) is 3.48. The molecule has 2 bridgehead atoms. The van der Waals surface area contributed by atoms with Crippen molar-refractivity contribution >= 4 is 23.0 Å². The van der Waals surface area contributed by atoms with Crippen LogP contribution in [0.4, 0.5) is 5.69 Å². The number of fused-ring (bicyclic) bond motifs is 2. The second-order valence-corrected chi connectivity index (χ2v) is 6.16. The first-order valence-electron chi connectivity index (χ1n) is 6.85. The van der Waals surface area contributed by atoms with Gasteiger partial charge in [0.2, 0.25) is 0 Å². The minimum absolute atomic E-state index is 0.605. The molecule has 3 atom stereocenters. The summed E-state index contributed by atoms with van der Waals surface area (Å²) in [6, 6.07) is 8.93. The highest BCUT2D eigenvalue weighted by atomic mass is 32.1. The Morgan fingerprint density at radius 3 is 2.83 bits per heavy atom. The molecule has 0 radical (unpaired) electrons. The van der Waals surface area contributed by atoms with E-state index >= 15 is 0 Å². The van der Waals surface area contributed by atoms with Crippen LogP contribution in [0.2, 0.25) is 0 Å². The fraction of sp³-hybridized carbons (Fsp3) is 0.533. The Kier molecular flexibility index (Phi) is 3.25. The first-order valence-corrected chi connectivity index (χ1v) is 7.26. The van der Waals surface area contributed by atoms with Crippen LogP contribution in [-0.4, -0.2) is 11.2 Å². The number of hydrogen-bond acceptors (Lipinski definition) is 1. The molecule has 0 aliphatic heterocycles. The molecule has 0 spiro atoms. The minimum Gasteiger partial charge on any atom is -0.359 e. The fourth-order valence-corrected chi connectivity index (χ4v) is 3.75. The van der Waals surface area contributed by atoms with Crippen molar-refractivity contribution in [3.63, 3.8) is 0 Å². The quantitative estimate of drug-likeness (QED) is 0.796. The standard InChI is InChI=1S/C15H20N2S/c1-10-3-2-4-13(7-10)16-15(18)17-14-9-11-5-6-12(14)8-11/h2-4,7,11-12,14H,5-6,8-9H2,1H3,(H2,16,17,18)/t11-,12-,14+/m0/s1. The Bertz CT molecular complexity index is 458. The Hall–Kier alpha value is -1.09. The molecule has 0 heterocycles. The zero-order chi connectivity index (χ0) is 12.5. The average Bonchev–Trinajstić information content (AvgIpc) is 2.90. The van der Waals surface area contributed by atoms with E-state index in [9.17, 15) is 0 Å². The van der Waals surface area contributed by atoms with Gasteiger partial charge in [0.25, 0.3) is 0 Å². The lowest BCUT2D eigenvalue weighted by Crippen LogP contribution is -2.40. The van der Waals surface area contributed by atoms with Gasteiger partial charge in [0, 0.05) is 11.7 Å². The molecule has 2 N–H and O–H groups in total. The second kappa shape index (κ2) is 4.88. The smallest absolute Gasteiger partial charge is 0.171 e. The third kappa shape index (κ3) is 2.51. The van der Waals surface area contributed by atoms with Gasteiger partial charge >= 0.3 is 0 Å². The molecule has 2 nitrogen and oxygen atoms in total. The summed E-state index contributed by atoms with van der Waals surface area (Å²) in [4.78, 5) is 0. The zero-order valence-corrected chi connectivity index (χ0v) is 11.6. The lowest BCUT2D eigenvalue weighted by molar-refractivity contribution is 0.392. The maximum absolute atomic E-state index is 5.41. The van der Waals surface area contributed by atoms with Crippen molar-refractivity contribution in [2.24, 2.45) is 11.8 Å². The van der Waals surface area contributed by atoms with Crippen LogP contribution in [0.3, 0.4) is 0 Å². The lowest BCUT2D eigenvalue weighted by atomic mass is 9.96. The summed E-state index contributed by atoms with van der Waals surface area (Å²) in [5.74, 6) is 1.81. The van der Waals surface area contributed by atoms with Crippen LogP contribution in [-0.2, 0) is 0 Å². The van der Waals surface area contributed by atoms with Gasteiger partial charge in [-0.15, -0.1) is 0 Å². The van der Waals surface area contributed by atoms with E-state index in [0.717, 1.165) is 22.6 Å². The number of benzene rings is 1. The van der Waals surface area contributed by atoms with Crippen LogP contribution in [0.25, 0.3) is 0 Å². The Morgan fingerprint density at radius 2 is 2.17 bits per heavy atom. The van der Waals surface area contributed by atoms with Crippen molar-refractivity contribution in [1.29, 1.82) is 0 Å². The summed E-state index contributed by atoms with van der Waals surface area (Å²) in [6.07, 6.45) is 5.53. The molecule has 1 aromatic rings. The second-order valence-electron chi connectivity index (χ2n) is 5.75. The summed E-state index contributed by atoms with van der Waals surface area (Å²) in [7, 11) is 0. The number of aryl methyl sites for hydroxylation is 1. The topological polar surface area (TPSA) is 24.1 Å². The number of thiocarbonyl (C=S) groups is 1. The number of rotatable bonds is 2. The highest BCUT2D eigenvalue weighted by Gasteiger charge is 2.39. The molecule has 0 unspecified atom stereocenters. The van der Waals surface area contributed by atoms with Crippen LogP contribution >= 0.6 is 12.2 Å². The summed E-state index contributed by atoms with van der Waals surface area (Å²) in [6.45, 7) is 2.09. The van der Waals surface area contributed by atoms with Crippen molar-refractivity contribution in [3.8, 4) is 0 Å². The zero-order valence-electron chi connectivity index (χ0n) is 10.8. The van der Waals surface area contributed by atoms with Gasteiger partial charge in [0.15, 0.2) is 5.11 Å². The molecule has 2 aliphatic carbocycles.